The van der Waals surface area contributed by atoms with Crippen molar-refractivity contribution in [1.82, 2.24) is 9.88 Å². The van der Waals surface area contributed by atoms with Gasteiger partial charge in [0.05, 0.1) is 18.5 Å². The van der Waals surface area contributed by atoms with Crippen LogP contribution >= 0.6 is 11.3 Å². The van der Waals surface area contributed by atoms with E-state index in [0.29, 0.717) is 18.2 Å². The second-order valence-electron chi connectivity index (χ2n) is 6.80. The van der Waals surface area contributed by atoms with E-state index in [1.807, 2.05) is 42.5 Å². The summed E-state index contributed by atoms with van der Waals surface area (Å²) in [6.07, 6.45) is 7.37. The van der Waals surface area contributed by atoms with Gasteiger partial charge in [0.15, 0.2) is 5.13 Å². The van der Waals surface area contributed by atoms with Gasteiger partial charge in [0, 0.05) is 11.4 Å². The van der Waals surface area contributed by atoms with Crippen LogP contribution in [0.4, 0.5) is 9.93 Å². The lowest BCUT2D eigenvalue weighted by molar-refractivity contribution is 0.201. The number of carbonyl (C=O) groups excluding carboxylic acids is 1. The Morgan fingerprint density at radius 1 is 1.07 bits per heavy atom. The molecule has 3 aromatic rings. The van der Waals surface area contributed by atoms with Crippen molar-refractivity contribution >= 4 is 22.5 Å². The Kier molecular flexibility index (Phi) is 5.53. The summed E-state index contributed by atoms with van der Waals surface area (Å²) >= 11 is 1.62. The minimum absolute atomic E-state index is 0.154. The van der Waals surface area contributed by atoms with Crippen molar-refractivity contribution in [2.75, 3.05) is 5.32 Å². The van der Waals surface area contributed by atoms with Crippen molar-refractivity contribution in [3.63, 3.8) is 0 Å². The number of furan rings is 1. The lowest BCUT2D eigenvalue weighted by Gasteiger charge is -2.21. The van der Waals surface area contributed by atoms with E-state index in [1.54, 1.807) is 22.5 Å². The van der Waals surface area contributed by atoms with Gasteiger partial charge in [-0.25, -0.2) is 9.78 Å². The van der Waals surface area contributed by atoms with E-state index < -0.39 is 0 Å². The van der Waals surface area contributed by atoms with Gasteiger partial charge in [-0.1, -0.05) is 36.8 Å². The number of aromatic nitrogens is 1. The SMILES string of the molecule is O=C(Nc1nc2c(s1)CCCCC2)N(Cc1ccccc1)Cc1ccco1. The van der Waals surface area contributed by atoms with E-state index in [-0.39, 0.29) is 6.03 Å². The molecular weight excluding hydrogens is 358 g/mol. The number of amides is 2. The number of carbonyl (C=O) groups is 1. The molecule has 27 heavy (non-hydrogen) atoms. The minimum Gasteiger partial charge on any atom is -0.467 e. The van der Waals surface area contributed by atoms with Gasteiger partial charge in [-0.2, -0.15) is 0 Å². The second-order valence-corrected chi connectivity index (χ2v) is 7.88. The minimum atomic E-state index is -0.154. The Balaban J connectivity index is 1.49. The quantitative estimate of drug-likeness (QED) is 0.615. The summed E-state index contributed by atoms with van der Waals surface area (Å²) in [6, 6.07) is 13.6. The predicted molar refractivity (Wildman–Crippen MR) is 107 cm³/mol. The summed E-state index contributed by atoms with van der Waals surface area (Å²) < 4.78 is 5.45. The van der Waals surface area contributed by atoms with E-state index in [9.17, 15) is 4.79 Å². The number of benzene rings is 1. The highest BCUT2D eigenvalue weighted by Crippen LogP contribution is 2.29. The third-order valence-electron chi connectivity index (χ3n) is 4.74. The van der Waals surface area contributed by atoms with Gasteiger partial charge in [-0.3, -0.25) is 5.32 Å². The first-order chi connectivity index (χ1) is 13.3. The molecule has 0 bridgehead atoms. The molecule has 5 nitrogen and oxygen atoms in total. The molecule has 0 spiro atoms. The zero-order valence-electron chi connectivity index (χ0n) is 15.2. The van der Waals surface area contributed by atoms with Crippen LogP contribution in [0, 0.1) is 0 Å². The molecule has 140 valence electrons. The van der Waals surface area contributed by atoms with Crippen molar-refractivity contribution in [3.8, 4) is 0 Å². The number of nitrogens with one attached hydrogen (secondary N) is 1. The number of urea groups is 1. The molecule has 0 atom stereocenters. The molecule has 2 aromatic heterocycles. The fraction of sp³-hybridized carbons (Fsp3) is 0.333. The Labute approximate surface area is 163 Å². The third-order valence-corrected chi connectivity index (χ3v) is 5.81. The van der Waals surface area contributed by atoms with Gasteiger partial charge in [-0.05, 0) is 43.4 Å². The number of aryl methyl sites for hydroxylation is 2. The van der Waals surface area contributed by atoms with Crippen LogP contribution in [0.25, 0.3) is 0 Å². The molecule has 2 amide bonds. The highest BCUT2D eigenvalue weighted by molar-refractivity contribution is 7.15. The molecule has 0 saturated carbocycles. The first-order valence-corrected chi connectivity index (χ1v) is 10.2. The number of anilines is 1. The zero-order valence-corrected chi connectivity index (χ0v) is 16.0. The number of hydrogen-bond donors (Lipinski definition) is 1. The average molecular weight is 382 g/mol. The molecule has 4 rings (SSSR count). The fourth-order valence-electron chi connectivity index (χ4n) is 3.35. The summed E-state index contributed by atoms with van der Waals surface area (Å²) in [5, 5.41) is 3.70. The van der Waals surface area contributed by atoms with Gasteiger partial charge in [0.2, 0.25) is 0 Å². The zero-order chi connectivity index (χ0) is 18.5. The van der Waals surface area contributed by atoms with Crippen LogP contribution < -0.4 is 5.32 Å². The van der Waals surface area contributed by atoms with Crippen molar-refractivity contribution in [1.29, 1.82) is 0 Å². The maximum absolute atomic E-state index is 13.0. The second kappa shape index (κ2) is 8.39. The Morgan fingerprint density at radius 2 is 1.93 bits per heavy atom. The van der Waals surface area contributed by atoms with Crippen LogP contribution in [-0.4, -0.2) is 15.9 Å². The third kappa shape index (κ3) is 4.57. The van der Waals surface area contributed by atoms with E-state index in [1.165, 1.54) is 24.1 Å². The van der Waals surface area contributed by atoms with Crippen LogP contribution in [0.1, 0.15) is 41.2 Å². The Bertz CT molecular complexity index is 851. The molecule has 0 aliphatic heterocycles. The molecule has 1 aliphatic rings. The summed E-state index contributed by atoms with van der Waals surface area (Å²) in [7, 11) is 0. The Hall–Kier alpha value is -2.60. The van der Waals surface area contributed by atoms with Gasteiger partial charge in [0.1, 0.15) is 5.76 Å². The number of rotatable bonds is 5. The van der Waals surface area contributed by atoms with Gasteiger partial charge in [0.25, 0.3) is 0 Å². The van der Waals surface area contributed by atoms with Crippen LogP contribution in [0.2, 0.25) is 0 Å². The molecule has 0 unspecified atom stereocenters. The monoisotopic (exact) mass is 381 g/mol. The lowest BCUT2D eigenvalue weighted by atomic mass is 10.2. The van der Waals surface area contributed by atoms with E-state index >= 15 is 0 Å². The van der Waals surface area contributed by atoms with E-state index in [2.05, 4.69) is 10.3 Å². The lowest BCUT2D eigenvalue weighted by Crippen LogP contribution is -2.33. The average Bonchev–Trinajstić information content (AvgIpc) is 3.27. The summed E-state index contributed by atoms with van der Waals surface area (Å²) in [5.41, 5.74) is 2.24. The van der Waals surface area contributed by atoms with Crippen molar-refractivity contribution < 1.29 is 9.21 Å². The summed E-state index contributed by atoms with van der Waals surface area (Å²) in [6.45, 7) is 0.928. The largest absolute Gasteiger partial charge is 0.467 e. The number of fused-ring (bicyclic) bond motifs is 1. The molecule has 0 fully saturated rings. The molecule has 1 N–H and O–H groups in total. The van der Waals surface area contributed by atoms with Gasteiger partial charge in [-0.15, -0.1) is 11.3 Å². The molecule has 2 heterocycles. The van der Waals surface area contributed by atoms with Crippen molar-refractivity contribution in [2.24, 2.45) is 0 Å². The maximum Gasteiger partial charge on any atom is 0.324 e. The van der Waals surface area contributed by atoms with Crippen LogP contribution in [0.5, 0.6) is 0 Å². The number of nitrogens with zero attached hydrogens (tertiary/aromatic N) is 2. The smallest absolute Gasteiger partial charge is 0.324 e. The normalized spacial score (nSPS) is 13.6. The molecule has 6 heteroatoms. The molecule has 1 aliphatic carbocycles. The molecule has 0 radical (unpaired) electrons. The summed E-state index contributed by atoms with van der Waals surface area (Å²) in [5.74, 6) is 0.760. The number of thiazole rings is 1. The van der Waals surface area contributed by atoms with E-state index in [4.69, 9.17) is 4.42 Å². The van der Waals surface area contributed by atoms with Crippen molar-refractivity contribution in [2.45, 2.75) is 45.2 Å². The van der Waals surface area contributed by atoms with Crippen LogP contribution in [0.3, 0.4) is 0 Å². The first-order valence-electron chi connectivity index (χ1n) is 9.39. The molecular formula is C21H23N3O2S. The molecule has 1 aromatic carbocycles. The van der Waals surface area contributed by atoms with Crippen LogP contribution in [-0.2, 0) is 25.9 Å². The summed E-state index contributed by atoms with van der Waals surface area (Å²) in [4.78, 5) is 20.7. The van der Waals surface area contributed by atoms with Crippen molar-refractivity contribution in [3.05, 3.63) is 70.6 Å². The first kappa shape index (κ1) is 17.8. The van der Waals surface area contributed by atoms with Gasteiger partial charge < -0.3 is 9.32 Å². The standard InChI is InChI=1S/C21H23N3O2S/c25-21(23-20-22-18-11-5-2-6-12-19(18)27-20)24(15-17-10-7-13-26-17)14-16-8-3-1-4-9-16/h1,3-4,7-10,13H,2,5-6,11-12,14-15H2,(H,22,23,25). The number of hydrogen-bond acceptors (Lipinski definition) is 4. The predicted octanol–water partition coefficient (Wildman–Crippen LogP) is 5.24. The van der Waals surface area contributed by atoms with Crippen LogP contribution in [0.15, 0.2) is 53.1 Å². The van der Waals surface area contributed by atoms with E-state index in [0.717, 1.165) is 29.9 Å². The highest BCUT2D eigenvalue weighted by atomic mass is 32.1. The Morgan fingerprint density at radius 3 is 2.74 bits per heavy atom. The highest BCUT2D eigenvalue weighted by Gasteiger charge is 2.20. The maximum atomic E-state index is 13.0. The molecule has 0 saturated heterocycles. The topological polar surface area (TPSA) is 58.4 Å². The van der Waals surface area contributed by atoms with Gasteiger partial charge >= 0.3 is 6.03 Å². The fourth-order valence-corrected chi connectivity index (χ4v) is 4.39.